The molecule has 14 heavy (non-hydrogen) atoms. The molecule has 0 saturated heterocycles. The molecule has 1 aromatic rings. The fourth-order valence-corrected chi connectivity index (χ4v) is 1.80. The first-order valence-corrected chi connectivity index (χ1v) is 5.28. The maximum Gasteiger partial charge on any atom is 0.158 e. The van der Waals surface area contributed by atoms with Crippen molar-refractivity contribution in [1.82, 2.24) is 15.0 Å². The lowest BCUT2D eigenvalue weighted by molar-refractivity contribution is 0.641. The molecular weight excluding hydrogens is 174 g/mol. The molecule has 0 atom stereocenters. The van der Waals surface area contributed by atoms with Crippen molar-refractivity contribution in [2.45, 2.75) is 38.5 Å². The third-order valence-corrected chi connectivity index (χ3v) is 2.57. The van der Waals surface area contributed by atoms with E-state index in [1.54, 1.807) is 12.7 Å². The van der Waals surface area contributed by atoms with Gasteiger partial charge < -0.3 is 0 Å². The molecule has 0 radical (unpaired) electrons. The van der Waals surface area contributed by atoms with Gasteiger partial charge in [0.05, 0.1) is 0 Å². The van der Waals surface area contributed by atoms with E-state index in [2.05, 4.69) is 21.0 Å². The van der Waals surface area contributed by atoms with Gasteiger partial charge in [-0.2, -0.15) is 0 Å². The molecule has 0 unspecified atom stereocenters. The van der Waals surface area contributed by atoms with Crippen LogP contribution in [0.3, 0.4) is 0 Å². The van der Waals surface area contributed by atoms with Crippen LogP contribution < -0.4 is 0 Å². The summed E-state index contributed by atoms with van der Waals surface area (Å²) < 4.78 is 0. The summed E-state index contributed by atoms with van der Waals surface area (Å²) in [6.07, 6.45) is 13.0. The van der Waals surface area contributed by atoms with E-state index in [4.69, 9.17) is 0 Å². The zero-order valence-corrected chi connectivity index (χ0v) is 8.32. The van der Waals surface area contributed by atoms with Crippen molar-refractivity contribution in [2.24, 2.45) is 0 Å². The van der Waals surface area contributed by atoms with Gasteiger partial charge in [-0.3, -0.25) is 0 Å². The fourth-order valence-electron chi connectivity index (χ4n) is 1.80. The summed E-state index contributed by atoms with van der Waals surface area (Å²) in [5.41, 5.74) is 1.30. The van der Waals surface area contributed by atoms with Crippen LogP contribution in [0.25, 0.3) is 5.57 Å². The minimum absolute atomic E-state index is 0.863. The van der Waals surface area contributed by atoms with Crippen molar-refractivity contribution >= 4 is 5.57 Å². The standard InChI is InChI=1S/C11H15N3/c1-2-4-6-10(7-5-3-1)11-13-8-12-9-14-11/h6,8-9H,1-5,7H2/b10-6-. The third-order valence-electron chi connectivity index (χ3n) is 2.57. The first-order valence-electron chi connectivity index (χ1n) is 5.28. The summed E-state index contributed by atoms with van der Waals surface area (Å²) in [7, 11) is 0. The second-order valence-electron chi connectivity index (χ2n) is 3.64. The van der Waals surface area contributed by atoms with Crippen LogP contribution in [0.5, 0.6) is 0 Å². The van der Waals surface area contributed by atoms with E-state index in [1.165, 1.54) is 37.7 Å². The summed E-state index contributed by atoms with van der Waals surface area (Å²) in [6.45, 7) is 0. The van der Waals surface area contributed by atoms with Crippen LogP contribution >= 0.6 is 0 Å². The topological polar surface area (TPSA) is 38.7 Å². The van der Waals surface area contributed by atoms with E-state index in [0.717, 1.165) is 12.2 Å². The summed E-state index contributed by atoms with van der Waals surface area (Å²) >= 11 is 0. The number of hydrogen-bond donors (Lipinski definition) is 0. The van der Waals surface area contributed by atoms with Gasteiger partial charge in [0.25, 0.3) is 0 Å². The Bertz CT molecular complexity index is 306. The Morgan fingerprint density at radius 2 is 1.71 bits per heavy atom. The lowest BCUT2D eigenvalue weighted by Crippen LogP contribution is -1.96. The highest BCUT2D eigenvalue weighted by Gasteiger charge is 2.06. The van der Waals surface area contributed by atoms with Crippen LogP contribution in [0.4, 0.5) is 0 Å². The van der Waals surface area contributed by atoms with E-state index in [-0.39, 0.29) is 0 Å². The molecule has 0 N–H and O–H groups in total. The fraction of sp³-hybridized carbons (Fsp3) is 0.545. The van der Waals surface area contributed by atoms with Crippen molar-refractivity contribution in [3.05, 3.63) is 24.6 Å². The molecule has 0 bridgehead atoms. The number of rotatable bonds is 1. The van der Waals surface area contributed by atoms with Gasteiger partial charge in [0, 0.05) is 0 Å². The van der Waals surface area contributed by atoms with Gasteiger partial charge in [0.15, 0.2) is 5.82 Å². The Morgan fingerprint density at radius 3 is 2.57 bits per heavy atom. The van der Waals surface area contributed by atoms with E-state index in [0.29, 0.717) is 0 Å². The number of allylic oxidation sites excluding steroid dienone is 2. The molecule has 0 fully saturated rings. The molecule has 1 aliphatic rings. The van der Waals surface area contributed by atoms with Gasteiger partial charge >= 0.3 is 0 Å². The van der Waals surface area contributed by atoms with Gasteiger partial charge in [-0.1, -0.05) is 18.9 Å². The van der Waals surface area contributed by atoms with Gasteiger partial charge in [0.1, 0.15) is 12.7 Å². The average Bonchev–Trinajstić information content (AvgIpc) is 2.18. The average molecular weight is 189 g/mol. The molecule has 2 rings (SSSR count). The van der Waals surface area contributed by atoms with Crippen molar-refractivity contribution in [3.63, 3.8) is 0 Å². The van der Waals surface area contributed by atoms with E-state index < -0.39 is 0 Å². The second kappa shape index (κ2) is 4.84. The van der Waals surface area contributed by atoms with Crippen LogP contribution in [-0.2, 0) is 0 Å². The second-order valence-corrected chi connectivity index (χ2v) is 3.64. The predicted molar refractivity (Wildman–Crippen MR) is 55.5 cm³/mol. The molecular formula is C11H15N3. The van der Waals surface area contributed by atoms with E-state index in [9.17, 15) is 0 Å². The highest BCUT2D eigenvalue weighted by molar-refractivity contribution is 5.59. The normalized spacial score (nSPS) is 21.9. The van der Waals surface area contributed by atoms with E-state index in [1.807, 2.05) is 0 Å². The minimum atomic E-state index is 0.863. The number of hydrogen-bond acceptors (Lipinski definition) is 3. The van der Waals surface area contributed by atoms with Crippen LogP contribution in [-0.4, -0.2) is 15.0 Å². The lowest BCUT2D eigenvalue weighted by Gasteiger charge is -2.09. The van der Waals surface area contributed by atoms with Gasteiger partial charge in [-0.25, -0.2) is 15.0 Å². The molecule has 0 aliphatic heterocycles. The highest BCUT2D eigenvalue weighted by atomic mass is 15.0. The molecule has 1 aliphatic carbocycles. The number of aromatic nitrogens is 3. The Kier molecular flexibility index (Phi) is 3.22. The van der Waals surface area contributed by atoms with Gasteiger partial charge in [-0.05, 0) is 31.3 Å². The Hall–Kier alpha value is -1.25. The Morgan fingerprint density at radius 1 is 0.929 bits per heavy atom. The molecule has 3 heteroatoms. The van der Waals surface area contributed by atoms with Crippen molar-refractivity contribution in [1.29, 1.82) is 0 Å². The molecule has 1 heterocycles. The van der Waals surface area contributed by atoms with Crippen molar-refractivity contribution in [2.75, 3.05) is 0 Å². The van der Waals surface area contributed by atoms with Crippen LogP contribution in [0.2, 0.25) is 0 Å². The summed E-state index contributed by atoms with van der Waals surface area (Å²) in [5, 5.41) is 0. The smallest absolute Gasteiger partial charge is 0.158 e. The summed E-state index contributed by atoms with van der Waals surface area (Å²) in [5.74, 6) is 0.863. The quantitative estimate of drug-likeness (QED) is 0.681. The zero-order valence-electron chi connectivity index (χ0n) is 8.32. The first-order chi connectivity index (χ1) is 6.97. The predicted octanol–water partition coefficient (Wildman–Crippen LogP) is 2.61. The van der Waals surface area contributed by atoms with E-state index >= 15 is 0 Å². The highest BCUT2D eigenvalue weighted by Crippen LogP contribution is 2.22. The maximum absolute atomic E-state index is 4.18. The molecule has 0 aromatic carbocycles. The summed E-state index contributed by atoms with van der Waals surface area (Å²) in [4.78, 5) is 12.2. The Balaban J connectivity index is 2.15. The monoisotopic (exact) mass is 189 g/mol. The van der Waals surface area contributed by atoms with Crippen molar-refractivity contribution < 1.29 is 0 Å². The molecule has 74 valence electrons. The van der Waals surface area contributed by atoms with Gasteiger partial charge in [0.2, 0.25) is 0 Å². The van der Waals surface area contributed by atoms with Crippen LogP contribution in [0.1, 0.15) is 44.3 Å². The Labute approximate surface area is 84.3 Å². The minimum Gasteiger partial charge on any atom is -0.225 e. The molecule has 0 amide bonds. The SMILES string of the molecule is C1=C(\c2ncncn2)CCCCCC/1. The third kappa shape index (κ3) is 2.37. The van der Waals surface area contributed by atoms with Gasteiger partial charge in [-0.15, -0.1) is 0 Å². The maximum atomic E-state index is 4.18. The van der Waals surface area contributed by atoms with Crippen LogP contribution in [0, 0.1) is 0 Å². The molecule has 1 aromatic heterocycles. The first kappa shape index (κ1) is 9.31. The summed E-state index contributed by atoms with van der Waals surface area (Å²) in [6, 6.07) is 0. The van der Waals surface area contributed by atoms with Crippen molar-refractivity contribution in [3.8, 4) is 0 Å². The zero-order chi connectivity index (χ0) is 9.64. The molecule has 3 nitrogen and oxygen atoms in total. The largest absolute Gasteiger partial charge is 0.225 e. The number of nitrogens with zero attached hydrogens (tertiary/aromatic N) is 3. The molecule has 0 saturated carbocycles. The molecule has 0 spiro atoms. The lowest BCUT2D eigenvalue weighted by atomic mass is 10.00. The van der Waals surface area contributed by atoms with Crippen LogP contribution in [0.15, 0.2) is 18.7 Å².